The molecule has 1 aromatic heterocycles. The Morgan fingerprint density at radius 3 is 2.28 bits per heavy atom. The van der Waals surface area contributed by atoms with Crippen molar-refractivity contribution in [2.75, 3.05) is 28.7 Å². The first kappa shape index (κ1) is 26.1. The number of phenols is 2. The fourth-order valence-electron chi connectivity index (χ4n) is 3.22. The molecule has 0 aliphatic carbocycles. The summed E-state index contributed by atoms with van der Waals surface area (Å²) in [4.78, 5) is 26.1. The highest BCUT2D eigenvalue weighted by Crippen LogP contribution is 2.22. The summed E-state index contributed by atoms with van der Waals surface area (Å²) in [6, 6.07) is 10.1. The molecule has 12 heteroatoms. The zero-order chi connectivity index (χ0) is 25.9. The van der Waals surface area contributed by atoms with E-state index in [1.165, 1.54) is 36.5 Å². The van der Waals surface area contributed by atoms with E-state index in [0.717, 1.165) is 38.8 Å². The summed E-state index contributed by atoms with van der Waals surface area (Å²) >= 11 is 0. The SMILES string of the molecule is CCCCN(CCCC)c1nc(N/N=C/c2ccc(O)cc2O)nc(Nc2ccc([N+](=O)[O-])cc2)n1. The molecular formula is C24H30N8O4. The van der Waals surface area contributed by atoms with Crippen molar-refractivity contribution in [2.45, 2.75) is 39.5 Å². The van der Waals surface area contributed by atoms with Crippen LogP contribution in [0, 0.1) is 10.1 Å². The molecule has 0 aliphatic heterocycles. The van der Waals surface area contributed by atoms with Gasteiger partial charge in [-0.1, -0.05) is 26.7 Å². The summed E-state index contributed by atoms with van der Waals surface area (Å²) in [7, 11) is 0. The van der Waals surface area contributed by atoms with Crippen molar-refractivity contribution in [1.82, 2.24) is 15.0 Å². The summed E-state index contributed by atoms with van der Waals surface area (Å²) in [5.41, 5.74) is 3.73. The number of nitro benzene ring substituents is 1. The monoisotopic (exact) mass is 494 g/mol. The predicted octanol–water partition coefficient (Wildman–Crippen LogP) is 4.79. The van der Waals surface area contributed by atoms with E-state index in [-0.39, 0.29) is 29.1 Å². The van der Waals surface area contributed by atoms with Crippen LogP contribution >= 0.6 is 0 Å². The molecule has 0 saturated heterocycles. The van der Waals surface area contributed by atoms with Crippen LogP contribution in [0.5, 0.6) is 11.5 Å². The minimum absolute atomic E-state index is 0.0173. The first-order valence-corrected chi connectivity index (χ1v) is 11.7. The summed E-state index contributed by atoms with van der Waals surface area (Å²) in [5.74, 6) is 0.721. The molecule has 0 bridgehead atoms. The van der Waals surface area contributed by atoms with E-state index in [2.05, 4.69) is 49.5 Å². The lowest BCUT2D eigenvalue weighted by atomic mass is 10.2. The minimum Gasteiger partial charge on any atom is -0.508 e. The molecule has 0 aliphatic rings. The number of nitro groups is 1. The molecule has 0 saturated carbocycles. The number of aromatic hydroxyl groups is 2. The largest absolute Gasteiger partial charge is 0.508 e. The van der Waals surface area contributed by atoms with Crippen LogP contribution in [0.4, 0.5) is 29.2 Å². The molecule has 36 heavy (non-hydrogen) atoms. The highest BCUT2D eigenvalue weighted by Gasteiger charge is 2.14. The minimum atomic E-state index is -0.462. The number of hydrazone groups is 1. The number of hydrogen-bond donors (Lipinski definition) is 4. The molecule has 190 valence electrons. The number of benzene rings is 2. The van der Waals surface area contributed by atoms with Gasteiger partial charge < -0.3 is 20.4 Å². The number of aromatic nitrogens is 3. The van der Waals surface area contributed by atoms with E-state index >= 15 is 0 Å². The van der Waals surface area contributed by atoms with E-state index in [0.29, 0.717) is 17.2 Å². The maximum absolute atomic E-state index is 10.9. The van der Waals surface area contributed by atoms with E-state index in [9.17, 15) is 20.3 Å². The Morgan fingerprint density at radius 2 is 1.67 bits per heavy atom. The van der Waals surface area contributed by atoms with Crippen molar-refractivity contribution >= 4 is 35.4 Å². The molecule has 0 radical (unpaired) electrons. The Bertz CT molecular complexity index is 1180. The van der Waals surface area contributed by atoms with Gasteiger partial charge in [0.1, 0.15) is 11.5 Å². The quantitative estimate of drug-likeness (QED) is 0.148. The molecule has 0 spiro atoms. The molecule has 0 unspecified atom stereocenters. The maximum atomic E-state index is 10.9. The Hall–Kier alpha value is -4.48. The van der Waals surface area contributed by atoms with Gasteiger partial charge in [-0.25, -0.2) is 5.43 Å². The third kappa shape index (κ3) is 7.52. The van der Waals surface area contributed by atoms with Gasteiger partial charge in [-0.3, -0.25) is 10.1 Å². The number of unbranched alkanes of at least 4 members (excludes halogenated alkanes) is 2. The van der Waals surface area contributed by atoms with Crippen LogP contribution in [-0.4, -0.2) is 49.4 Å². The van der Waals surface area contributed by atoms with E-state index in [4.69, 9.17) is 0 Å². The van der Waals surface area contributed by atoms with Crippen molar-refractivity contribution in [3.8, 4) is 11.5 Å². The standard InChI is InChI=1S/C24H30N8O4/c1-3-5-13-31(14-6-4-2)24-28-22(26-18-8-10-19(11-9-18)32(35)36)27-23(29-24)30-25-16-17-7-12-20(33)15-21(17)34/h7-12,15-16,33-34H,3-6,13-14H2,1-2H3,(H2,26,27,28,29,30)/b25-16+. The van der Waals surface area contributed by atoms with Crippen LogP contribution in [-0.2, 0) is 0 Å². The molecule has 3 rings (SSSR count). The first-order valence-electron chi connectivity index (χ1n) is 11.7. The van der Waals surface area contributed by atoms with Crippen molar-refractivity contribution in [3.63, 3.8) is 0 Å². The molecule has 3 aromatic rings. The average Bonchev–Trinajstić information content (AvgIpc) is 2.85. The lowest BCUT2D eigenvalue weighted by molar-refractivity contribution is -0.384. The van der Waals surface area contributed by atoms with Crippen molar-refractivity contribution in [2.24, 2.45) is 5.10 Å². The zero-order valence-corrected chi connectivity index (χ0v) is 20.3. The number of phenolic OH excluding ortho intramolecular Hbond substituents is 2. The Labute approximate surface area is 208 Å². The summed E-state index contributed by atoms with van der Waals surface area (Å²) in [6.07, 6.45) is 5.37. The number of hydrogen-bond acceptors (Lipinski definition) is 11. The van der Waals surface area contributed by atoms with Crippen LogP contribution < -0.4 is 15.6 Å². The third-order valence-corrected chi connectivity index (χ3v) is 5.19. The Morgan fingerprint density at radius 1 is 1.00 bits per heavy atom. The van der Waals surface area contributed by atoms with Gasteiger partial charge in [-0.05, 0) is 37.1 Å². The molecular weight excluding hydrogens is 464 g/mol. The highest BCUT2D eigenvalue weighted by molar-refractivity contribution is 5.84. The number of nitrogens with zero attached hydrogens (tertiary/aromatic N) is 6. The van der Waals surface area contributed by atoms with Gasteiger partial charge in [-0.2, -0.15) is 20.1 Å². The van der Waals surface area contributed by atoms with E-state index < -0.39 is 4.92 Å². The number of non-ortho nitro benzene ring substituents is 1. The highest BCUT2D eigenvalue weighted by atomic mass is 16.6. The van der Waals surface area contributed by atoms with Gasteiger partial charge >= 0.3 is 0 Å². The van der Waals surface area contributed by atoms with Crippen LogP contribution in [0.1, 0.15) is 45.1 Å². The molecule has 4 N–H and O–H groups in total. The fourth-order valence-corrected chi connectivity index (χ4v) is 3.22. The van der Waals surface area contributed by atoms with Crippen LogP contribution in [0.25, 0.3) is 0 Å². The number of rotatable bonds is 13. The third-order valence-electron chi connectivity index (χ3n) is 5.19. The summed E-state index contributed by atoms with van der Waals surface area (Å²) in [5, 5.41) is 37.5. The topological polar surface area (TPSA) is 162 Å². The van der Waals surface area contributed by atoms with Crippen molar-refractivity contribution < 1.29 is 15.1 Å². The van der Waals surface area contributed by atoms with E-state index in [1.807, 2.05) is 0 Å². The molecule has 2 aromatic carbocycles. The Kier molecular flexibility index (Phi) is 9.32. The second kappa shape index (κ2) is 12.8. The van der Waals surface area contributed by atoms with Crippen molar-refractivity contribution in [1.29, 1.82) is 0 Å². The zero-order valence-electron chi connectivity index (χ0n) is 20.3. The van der Waals surface area contributed by atoms with Crippen LogP contribution in [0.15, 0.2) is 47.6 Å². The number of nitrogens with one attached hydrogen (secondary N) is 2. The molecule has 0 atom stereocenters. The smallest absolute Gasteiger partial charge is 0.269 e. The predicted molar refractivity (Wildman–Crippen MR) is 139 cm³/mol. The van der Waals surface area contributed by atoms with Crippen LogP contribution in [0.2, 0.25) is 0 Å². The van der Waals surface area contributed by atoms with Crippen molar-refractivity contribution in [3.05, 3.63) is 58.1 Å². The second-order valence-electron chi connectivity index (χ2n) is 8.02. The van der Waals surface area contributed by atoms with Gasteiger partial charge in [-0.15, -0.1) is 0 Å². The Balaban J connectivity index is 1.89. The number of anilines is 4. The lowest BCUT2D eigenvalue weighted by Gasteiger charge is -2.23. The van der Waals surface area contributed by atoms with Crippen LogP contribution in [0.3, 0.4) is 0 Å². The van der Waals surface area contributed by atoms with Gasteiger partial charge in [0.15, 0.2) is 0 Å². The summed E-state index contributed by atoms with van der Waals surface area (Å²) < 4.78 is 0. The molecule has 0 amide bonds. The normalized spacial score (nSPS) is 10.9. The van der Waals surface area contributed by atoms with Gasteiger partial charge in [0.25, 0.3) is 5.69 Å². The molecule has 12 nitrogen and oxygen atoms in total. The average molecular weight is 495 g/mol. The maximum Gasteiger partial charge on any atom is 0.269 e. The van der Waals surface area contributed by atoms with Gasteiger partial charge in [0.2, 0.25) is 17.8 Å². The first-order chi connectivity index (χ1) is 17.4. The lowest BCUT2D eigenvalue weighted by Crippen LogP contribution is -2.28. The van der Waals surface area contributed by atoms with Gasteiger partial charge in [0, 0.05) is 42.5 Å². The fraction of sp³-hybridized carbons (Fsp3) is 0.333. The molecule has 0 fully saturated rings. The summed E-state index contributed by atoms with van der Waals surface area (Å²) in [6.45, 7) is 5.80. The van der Waals surface area contributed by atoms with E-state index in [1.54, 1.807) is 12.1 Å². The second-order valence-corrected chi connectivity index (χ2v) is 8.02. The van der Waals surface area contributed by atoms with Gasteiger partial charge in [0.05, 0.1) is 11.1 Å². The molecule has 1 heterocycles.